The number of benzene rings is 3. The van der Waals surface area contributed by atoms with Crippen LogP contribution < -0.4 is 4.57 Å². The number of nitrogens with zero attached hydrogens (tertiary/aromatic N) is 1. The van der Waals surface area contributed by atoms with E-state index in [4.69, 9.17) is 4.42 Å². The molecule has 2 heterocycles. The summed E-state index contributed by atoms with van der Waals surface area (Å²) in [6, 6.07) is 22.7. The van der Waals surface area contributed by atoms with E-state index in [2.05, 4.69) is 120 Å². The maximum Gasteiger partial charge on any atom is 0.216 e. The highest BCUT2D eigenvalue weighted by Gasteiger charge is 2.45. The van der Waals surface area contributed by atoms with Gasteiger partial charge in [-0.25, -0.2) is 4.57 Å². The molecule has 0 N–H and O–H groups in total. The summed E-state index contributed by atoms with van der Waals surface area (Å²) in [5, 5.41) is 2.54. The Morgan fingerprint density at radius 2 is 1.57 bits per heavy atom. The Morgan fingerprint density at radius 3 is 2.30 bits per heavy atom. The van der Waals surface area contributed by atoms with E-state index in [0.29, 0.717) is 11.8 Å². The molecule has 0 amide bonds. The van der Waals surface area contributed by atoms with Crippen molar-refractivity contribution in [1.29, 1.82) is 0 Å². The second-order valence-electron chi connectivity index (χ2n) is 12.1. The molecule has 1 aliphatic rings. The molecule has 0 radical (unpaired) electrons. The fraction of sp³-hybridized carbons (Fsp3) is 0.343. The zero-order valence-corrected chi connectivity index (χ0v) is 23.3. The van der Waals surface area contributed by atoms with Crippen LogP contribution in [-0.4, -0.2) is 0 Å². The zero-order chi connectivity index (χ0) is 26.1. The van der Waals surface area contributed by atoms with Gasteiger partial charge in [-0.15, -0.1) is 0 Å². The van der Waals surface area contributed by atoms with Gasteiger partial charge in [-0.05, 0) is 78.0 Å². The van der Waals surface area contributed by atoms with E-state index in [0.717, 1.165) is 24.0 Å². The van der Waals surface area contributed by atoms with Gasteiger partial charge in [-0.2, -0.15) is 0 Å². The van der Waals surface area contributed by atoms with Crippen molar-refractivity contribution < 1.29 is 8.98 Å². The molecule has 3 aromatic carbocycles. The molecule has 2 aromatic heterocycles. The second kappa shape index (κ2) is 8.58. The van der Waals surface area contributed by atoms with Crippen LogP contribution in [0.25, 0.3) is 44.3 Å². The predicted octanol–water partition coefficient (Wildman–Crippen LogP) is 9.05. The minimum Gasteiger partial charge on any atom is -0.455 e. The van der Waals surface area contributed by atoms with Gasteiger partial charge in [0.25, 0.3) is 0 Å². The summed E-state index contributed by atoms with van der Waals surface area (Å²) in [7, 11) is 2.13. The Bertz CT molecular complexity index is 1660. The molecule has 6 rings (SSSR count). The van der Waals surface area contributed by atoms with Crippen molar-refractivity contribution in [3.8, 4) is 22.4 Å². The van der Waals surface area contributed by atoms with E-state index in [1.807, 2.05) is 0 Å². The Kier molecular flexibility index (Phi) is 5.56. The number of aryl methyl sites for hydroxylation is 3. The van der Waals surface area contributed by atoms with Crippen LogP contribution in [0.1, 0.15) is 62.8 Å². The normalized spacial score (nSPS) is 14.2. The third-order valence-electron chi connectivity index (χ3n) is 8.30. The molecular formula is C35H38NO+. The minimum absolute atomic E-state index is 0.0242. The van der Waals surface area contributed by atoms with E-state index < -0.39 is 0 Å². The summed E-state index contributed by atoms with van der Waals surface area (Å²) >= 11 is 0. The topological polar surface area (TPSA) is 17.0 Å². The van der Waals surface area contributed by atoms with E-state index >= 15 is 0 Å². The van der Waals surface area contributed by atoms with Crippen LogP contribution in [0.15, 0.2) is 71.3 Å². The van der Waals surface area contributed by atoms with Crippen molar-refractivity contribution in [2.75, 3.05) is 0 Å². The maximum absolute atomic E-state index is 6.83. The maximum atomic E-state index is 6.83. The number of pyridine rings is 1. The van der Waals surface area contributed by atoms with E-state index in [-0.39, 0.29) is 5.41 Å². The number of aromatic nitrogens is 1. The van der Waals surface area contributed by atoms with Crippen LogP contribution in [-0.2, 0) is 12.5 Å². The minimum atomic E-state index is -0.0242. The molecule has 0 bridgehead atoms. The average Bonchev–Trinajstić information content (AvgIpc) is 3.34. The average molecular weight is 489 g/mol. The number of rotatable bonds is 5. The summed E-state index contributed by atoms with van der Waals surface area (Å²) in [5.41, 5.74) is 12.6. The quantitative estimate of drug-likeness (QED) is 0.226. The highest BCUT2D eigenvalue weighted by atomic mass is 16.3. The summed E-state index contributed by atoms with van der Waals surface area (Å²) in [4.78, 5) is 0. The van der Waals surface area contributed by atoms with Crippen LogP contribution in [0.5, 0.6) is 0 Å². The zero-order valence-electron chi connectivity index (χ0n) is 23.3. The first kappa shape index (κ1) is 24.0. The SMILES string of the molecule is Cc1cc[n+](C)c(-c2c(C)ccc3c2oc2ccc4c(c23)C(CC(C)C)(CC(C)C)c2ccccc2-4)c1. The smallest absolute Gasteiger partial charge is 0.216 e. The fourth-order valence-corrected chi connectivity index (χ4v) is 7.16. The van der Waals surface area contributed by atoms with Gasteiger partial charge in [0.1, 0.15) is 18.2 Å². The highest BCUT2D eigenvalue weighted by Crippen LogP contribution is 2.58. The summed E-state index contributed by atoms with van der Waals surface area (Å²) in [5.74, 6) is 1.16. The third-order valence-corrected chi connectivity index (χ3v) is 8.30. The van der Waals surface area contributed by atoms with Crippen molar-refractivity contribution in [3.05, 3.63) is 89.1 Å². The lowest BCUT2D eigenvalue weighted by Gasteiger charge is -2.36. The second-order valence-corrected chi connectivity index (χ2v) is 12.1. The molecule has 0 unspecified atom stereocenters. The first-order valence-corrected chi connectivity index (χ1v) is 13.8. The van der Waals surface area contributed by atoms with Gasteiger partial charge in [-0.1, -0.05) is 70.2 Å². The van der Waals surface area contributed by atoms with Gasteiger partial charge in [0.15, 0.2) is 6.20 Å². The molecule has 0 saturated carbocycles. The molecule has 5 aromatic rings. The monoisotopic (exact) mass is 488 g/mol. The van der Waals surface area contributed by atoms with Gasteiger partial charge < -0.3 is 4.42 Å². The molecular weight excluding hydrogens is 450 g/mol. The van der Waals surface area contributed by atoms with Crippen LogP contribution >= 0.6 is 0 Å². The van der Waals surface area contributed by atoms with Crippen molar-refractivity contribution in [2.24, 2.45) is 18.9 Å². The van der Waals surface area contributed by atoms with Crippen LogP contribution in [0.2, 0.25) is 0 Å². The molecule has 1 aliphatic carbocycles. The Hall–Kier alpha value is -3.39. The summed E-state index contributed by atoms with van der Waals surface area (Å²) in [6.45, 7) is 13.8. The first-order valence-electron chi connectivity index (χ1n) is 13.8. The number of fused-ring (bicyclic) bond motifs is 7. The number of furan rings is 1. The molecule has 2 heteroatoms. The van der Waals surface area contributed by atoms with Crippen LogP contribution in [0, 0.1) is 25.7 Å². The van der Waals surface area contributed by atoms with Gasteiger partial charge in [-0.3, -0.25) is 0 Å². The lowest BCUT2D eigenvalue weighted by Crippen LogP contribution is -2.30. The van der Waals surface area contributed by atoms with Gasteiger partial charge in [0.05, 0.1) is 5.56 Å². The molecule has 0 atom stereocenters. The molecule has 188 valence electrons. The fourth-order valence-electron chi connectivity index (χ4n) is 7.16. The Labute approximate surface area is 221 Å². The lowest BCUT2D eigenvalue weighted by molar-refractivity contribution is -0.660. The van der Waals surface area contributed by atoms with Crippen molar-refractivity contribution in [3.63, 3.8) is 0 Å². The first-order chi connectivity index (χ1) is 17.7. The summed E-state index contributed by atoms with van der Waals surface area (Å²) in [6.07, 6.45) is 4.41. The Morgan fingerprint density at radius 1 is 0.838 bits per heavy atom. The standard InChI is InChI=1S/C35H38NO/c1-21(2)19-35(20-22(3)4)28-11-9-8-10-25(28)26-14-15-30-32(33(26)35)27-13-12-24(6)31(34(27)37-30)29-18-23(5)16-17-36(29)7/h8-18,21-22H,19-20H2,1-7H3/q+1. The molecule has 0 spiro atoms. The van der Waals surface area contributed by atoms with E-state index in [1.54, 1.807) is 0 Å². The molecule has 0 fully saturated rings. The highest BCUT2D eigenvalue weighted by molar-refractivity contribution is 6.14. The number of hydrogen-bond donors (Lipinski definition) is 0. The number of hydrogen-bond acceptors (Lipinski definition) is 1. The Balaban J connectivity index is 1.76. The molecule has 37 heavy (non-hydrogen) atoms. The molecule has 0 saturated heterocycles. The lowest BCUT2D eigenvalue weighted by atomic mass is 9.67. The predicted molar refractivity (Wildman–Crippen MR) is 155 cm³/mol. The van der Waals surface area contributed by atoms with Gasteiger partial charge >= 0.3 is 0 Å². The van der Waals surface area contributed by atoms with Crippen molar-refractivity contribution >= 4 is 21.9 Å². The van der Waals surface area contributed by atoms with E-state index in [1.165, 1.54) is 55.4 Å². The third kappa shape index (κ3) is 3.56. The van der Waals surface area contributed by atoms with E-state index in [9.17, 15) is 0 Å². The molecule has 0 aliphatic heterocycles. The van der Waals surface area contributed by atoms with Gasteiger partial charge in [0.2, 0.25) is 5.69 Å². The van der Waals surface area contributed by atoms with Crippen LogP contribution in [0.3, 0.4) is 0 Å². The van der Waals surface area contributed by atoms with Crippen molar-refractivity contribution in [1.82, 2.24) is 0 Å². The van der Waals surface area contributed by atoms with Crippen LogP contribution in [0.4, 0.5) is 0 Å². The molecule has 2 nitrogen and oxygen atoms in total. The van der Waals surface area contributed by atoms with Crippen molar-refractivity contribution in [2.45, 2.75) is 59.8 Å². The summed E-state index contributed by atoms with van der Waals surface area (Å²) < 4.78 is 9.04. The van der Waals surface area contributed by atoms with Gasteiger partial charge in [0, 0.05) is 28.3 Å². The largest absolute Gasteiger partial charge is 0.455 e.